The smallest absolute Gasteiger partial charge is 0.129 e. The van der Waals surface area contributed by atoms with Crippen molar-refractivity contribution in [1.29, 1.82) is 0 Å². The number of ketones is 1. The summed E-state index contributed by atoms with van der Waals surface area (Å²) in [5, 5.41) is 0. The number of nitrogens with zero attached hydrogens (tertiary/aromatic N) is 1. The number of rotatable bonds is 6. The molecule has 0 saturated carbocycles. The van der Waals surface area contributed by atoms with E-state index in [1.807, 2.05) is 13.1 Å². The van der Waals surface area contributed by atoms with Crippen LogP contribution in [0.1, 0.15) is 25.3 Å². The lowest BCUT2D eigenvalue weighted by Crippen LogP contribution is -2.19. The molecule has 0 aliphatic carbocycles. The molecule has 0 amide bonds. The summed E-state index contributed by atoms with van der Waals surface area (Å²) < 4.78 is 4.98. The molecule has 0 spiro atoms. The normalized spacial score (nSPS) is 10.8. The van der Waals surface area contributed by atoms with E-state index >= 15 is 0 Å². The molecule has 0 aliphatic rings. The molecule has 1 aromatic rings. The van der Waals surface area contributed by atoms with E-state index in [-0.39, 0.29) is 5.78 Å². The molecular weight excluding hydrogens is 178 g/mol. The maximum absolute atomic E-state index is 10.7. The van der Waals surface area contributed by atoms with E-state index in [4.69, 9.17) is 4.42 Å². The van der Waals surface area contributed by atoms with Crippen LogP contribution >= 0.6 is 0 Å². The van der Waals surface area contributed by atoms with Gasteiger partial charge in [0.25, 0.3) is 0 Å². The van der Waals surface area contributed by atoms with Gasteiger partial charge in [-0.1, -0.05) is 0 Å². The van der Waals surface area contributed by atoms with Gasteiger partial charge in [0.15, 0.2) is 0 Å². The molecule has 0 N–H and O–H groups in total. The highest BCUT2D eigenvalue weighted by molar-refractivity contribution is 5.75. The molecule has 3 nitrogen and oxygen atoms in total. The molecular formula is C11H17NO2. The first kappa shape index (κ1) is 11.0. The van der Waals surface area contributed by atoms with Crippen LogP contribution in [-0.4, -0.2) is 24.3 Å². The number of hydrogen-bond acceptors (Lipinski definition) is 3. The molecule has 14 heavy (non-hydrogen) atoms. The fourth-order valence-electron chi connectivity index (χ4n) is 1.37. The third-order valence-corrected chi connectivity index (χ3v) is 2.10. The van der Waals surface area contributed by atoms with E-state index in [1.165, 1.54) is 5.56 Å². The molecule has 1 heterocycles. The van der Waals surface area contributed by atoms with E-state index in [9.17, 15) is 4.79 Å². The number of Topliss-reactive ketones (excluding diaryl/α,β-unsaturated/α-hetero) is 1. The van der Waals surface area contributed by atoms with Crippen LogP contribution in [0.15, 0.2) is 23.0 Å². The van der Waals surface area contributed by atoms with Gasteiger partial charge in [-0.3, -0.25) is 0 Å². The fraction of sp³-hybridized carbons (Fsp3) is 0.545. The molecule has 0 saturated heterocycles. The summed E-state index contributed by atoms with van der Waals surface area (Å²) in [6.07, 6.45) is 5.04. The quantitative estimate of drug-likeness (QED) is 0.696. The van der Waals surface area contributed by atoms with Crippen LogP contribution in [0, 0.1) is 0 Å². The summed E-state index contributed by atoms with van der Waals surface area (Å²) in [6.45, 7) is 3.47. The monoisotopic (exact) mass is 195 g/mol. The zero-order valence-electron chi connectivity index (χ0n) is 8.82. The summed E-state index contributed by atoms with van der Waals surface area (Å²) in [4.78, 5) is 12.9. The molecule has 0 atom stereocenters. The Balaban J connectivity index is 2.16. The molecule has 1 rings (SSSR count). The molecule has 0 radical (unpaired) electrons. The molecule has 0 fully saturated rings. The second-order valence-electron chi connectivity index (χ2n) is 3.67. The largest absolute Gasteiger partial charge is 0.472 e. The van der Waals surface area contributed by atoms with Crippen molar-refractivity contribution >= 4 is 5.78 Å². The lowest BCUT2D eigenvalue weighted by molar-refractivity contribution is -0.117. The Morgan fingerprint density at radius 1 is 1.57 bits per heavy atom. The van der Waals surface area contributed by atoms with Gasteiger partial charge in [0, 0.05) is 18.5 Å². The number of furan rings is 1. The Hall–Kier alpha value is -1.09. The van der Waals surface area contributed by atoms with Crippen molar-refractivity contribution in [2.75, 3.05) is 13.6 Å². The van der Waals surface area contributed by atoms with Crippen LogP contribution in [0.2, 0.25) is 0 Å². The lowest BCUT2D eigenvalue weighted by atomic mass is 10.2. The van der Waals surface area contributed by atoms with Gasteiger partial charge in [0.2, 0.25) is 0 Å². The van der Waals surface area contributed by atoms with Gasteiger partial charge in [-0.15, -0.1) is 0 Å². The maximum atomic E-state index is 10.7. The topological polar surface area (TPSA) is 33.5 Å². The second-order valence-corrected chi connectivity index (χ2v) is 3.67. The third kappa shape index (κ3) is 4.23. The van der Waals surface area contributed by atoms with Crippen molar-refractivity contribution in [3.8, 4) is 0 Å². The Morgan fingerprint density at radius 3 is 2.93 bits per heavy atom. The summed E-state index contributed by atoms with van der Waals surface area (Å²) >= 11 is 0. The summed E-state index contributed by atoms with van der Waals surface area (Å²) in [5.41, 5.74) is 1.18. The highest BCUT2D eigenvalue weighted by Crippen LogP contribution is 2.04. The zero-order valence-corrected chi connectivity index (χ0v) is 8.82. The first-order chi connectivity index (χ1) is 6.68. The van der Waals surface area contributed by atoms with Gasteiger partial charge in [0.05, 0.1) is 12.5 Å². The molecule has 3 heteroatoms. The Labute approximate surface area is 84.7 Å². The van der Waals surface area contributed by atoms with E-state index in [1.54, 1.807) is 19.5 Å². The van der Waals surface area contributed by atoms with Gasteiger partial charge in [-0.05, 0) is 33.0 Å². The van der Waals surface area contributed by atoms with Gasteiger partial charge in [0.1, 0.15) is 5.78 Å². The van der Waals surface area contributed by atoms with Crippen molar-refractivity contribution in [2.24, 2.45) is 0 Å². The number of hydrogen-bond donors (Lipinski definition) is 0. The van der Waals surface area contributed by atoms with Crippen LogP contribution in [0.3, 0.4) is 0 Å². The van der Waals surface area contributed by atoms with Crippen LogP contribution in [-0.2, 0) is 11.3 Å². The van der Waals surface area contributed by atoms with E-state index in [2.05, 4.69) is 4.90 Å². The summed E-state index contributed by atoms with van der Waals surface area (Å²) in [5.74, 6) is 0.265. The molecule has 1 aromatic heterocycles. The first-order valence-electron chi connectivity index (χ1n) is 4.87. The number of carbonyl (C=O) groups is 1. The van der Waals surface area contributed by atoms with Crippen molar-refractivity contribution in [3.05, 3.63) is 24.2 Å². The molecule has 0 aliphatic heterocycles. The fourth-order valence-corrected chi connectivity index (χ4v) is 1.37. The number of carbonyl (C=O) groups excluding carboxylic acids is 1. The minimum absolute atomic E-state index is 0.265. The molecule has 0 bridgehead atoms. The highest BCUT2D eigenvalue weighted by Gasteiger charge is 2.01. The Morgan fingerprint density at radius 2 is 2.36 bits per heavy atom. The van der Waals surface area contributed by atoms with Gasteiger partial charge in [-0.2, -0.15) is 0 Å². The average Bonchev–Trinajstić information content (AvgIpc) is 2.56. The Kier molecular flexibility index (Phi) is 4.40. The first-order valence-corrected chi connectivity index (χ1v) is 4.87. The van der Waals surface area contributed by atoms with Crippen molar-refractivity contribution in [2.45, 2.75) is 26.3 Å². The molecule has 0 unspecified atom stereocenters. The van der Waals surface area contributed by atoms with Crippen molar-refractivity contribution < 1.29 is 9.21 Å². The lowest BCUT2D eigenvalue weighted by Gasteiger charge is -2.14. The van der Waals surface area contributed by atoms with Gasteiger partial charge in [-0.25, -0.2) is 0 Å². The Bertz CT molecular complexity index is 267. The summed E-state index contributed by atoms with van der Waals surface area (Å²) in [6, 6.07) is 1.96. The van der Waals surface area contributed by atoms with Crippen LogP contribution in [0.4, 0.5) is 0 Å². The minimum Gasteiger partial charge on any atom is -0.472 e. The summed E-state index contributed by atoms with van der Waals surface area (Å²) in [7, 11) is 2.05. The van der Waals surface area contributed by atoms with E-state index in [0.717, 1.165) is 19.5 Å². The average molecular weight is 195 g/mol. The highest BCUT2D eigenvalue weighted by atomic mass is 16.3. The predicted octanol–water partition coefficient (Wildman–Crippen LogP) is 2.08. The van der Waals surface area contributed by atoms with Crippen LogP contribution in [0.5, 0.6) is 0 Å². The predicted molar refractivity (Wildman–Crippen MR) is 55.0 cm³/mol. The van der Waals surface area contributed by atoms with Crippen LogP contribution < -0.4 is 0 Å². The third-order valence-electron chi connectivity index (χ3n) is 2.10. The standard InChI is InChI=1S/C11H17NO2/c1-10(13)4-3-6-12(2)8-11-5-7-14-9-11/h5,7,9H,3-4,6,8H2,1-2H3. The zero-order chi connectivity index (χ0) is 10.4. The van der Waals surface area contributed by atoms with Crippen molar-refractivity contribution in [1.82, 2.24) is 4.90 Å². The SMILES string of the molecule is CC(=O)CCCN(C)Cc1ccoc1. The van der Waals surface area contributed by atoms with Crippen molar-refractivity contribution in [3.63, 3.8) is 0 Å². The van der Waals surface area contributed by atoms with Gasteiger partial charge >= 0.3 is 0 Å². The van der Waals surface area contributed by atoms with Gasteiger partial charge < -0.3 is 14.1 Å². The van der Waals surface area contributed by atoms with E-state index < -0.39 is 0 Å². The minimum atomic E-state index is 0.265. The second kappa shape index (κ2) is 5.60. The van der Waals surface area contributed by atoms with Crippen LogP contribution in [0.25, 0.3) is 0 Å². The van der Waals surface area contributed by atoms with E-state index in [0.29, 0.717) is 6.42 Å². The maximum Gasteiger partial charge on any atom is 0.129 e. The molecule has 0 aromatic carbocycles. The molecule has 78 valence electrons.